The summed E-state index contributed by atoms with van der Waals surface area (Å²) in [7, 11) is 1.88. The van der Waals surface area contributed by atoms with E-state index in [-0.39, 0.29) is 0 Å². The number of rotatable bonds is 6. The van der Waals surface area contributed by atoms with E-state index in [9.17, 15) is 0 Å². The molecule has 3 rings (SSSR count). The SMILES string of the molecule is CNc1cc(N2CCCC2CNCc2cc[nH]c2)ncn1. The van der Waals surface area contributed by atoms with Crippen molar-refractivity contribution in [1.29, 1.82) is 0 Å². The van der Waals surface area contributed by atoms with E-state index in [2.05, 4.69) is 36.6 Å². The molecule has 1 aliphatic heterocycles. The van der Waals surface area contributed by atoms with Gasteiger partial charge < -0.3 is 20.5 Å². The molecule has 3 heterocycles. The topological polar surface area (TPSA) is 68.9 Å². The Hall–Kier alpha value is -2.08. The molecule has 3 N–H and O–H groups in total. The lowest BCUT2D eigenvalue weighted by Crippen LogP contribution is -2.38. The van der Waals surface area contributed by atoms with Crippen LogP contribution in [0, 0.1) is 0 Å². The lowest BCUT2D eigenvalue weighted by Gasteiger charge is -2.26. The van der Waals surface area contributed by atoms with E-state index in [1.807, 2.05) is 25.5 Å². The molecular formula is C15H22N6. The molecule has 0 aromatic carbocycles. The highest BCUT2D eigenvalue weighted by molar-refractivity contribution is 5.49. The first-order valence-electron chi connectivity index (χ1n) is 7.45. The van der Waals surface area contributed by atoms with Crippen LogP contribution in [0.4, 0.5) is 11.6 Å². The van der Waals surface area contributed by atoms with Crippen molar-refractivity contribution in [1.82, 2.24) is 20.3 Å². The van der Waals surface area contributed by atoms with Crippen LogP contribution in [-0.2, 0) is 6.54 Å². The maximum atomic E-state index is 4.42. The molecule has 2 aromatic heterocycles. The van der Waals surface area contributed by atoms with E-state index in [0.717, 1.165) is 31.3 Å². The lowest BCUT2D eigenvalue weighted by molar-refractivity contribution is 0.571. The van der Waals surface area contributed by atoms with Gasteiger partial charge in [-0.25, -0.2) is 9.97 Å². The second kappa shape index (κ2) is 6.58. The van der Waals surface area contributed by atoms with Gasteiger partial charge in [0.25, 0.3) is 0 Å². The third-order valence-electron chi connectivity index (χ3n) is 3.95. The molecule has 0 aliphatic carbocycles. The van der Waals surface area contributed by atoms with Gasteiger partial charge in [-0.15, -0.1) is 0 Å². The molecule has 6 heteroatoms. The summed E-state index contributed by atoms with van der Waals surface area (Å²) >= 11 is 0. The van der Waals surface area contributed by atoms with E-state index in [1.165, 1.54) is 18.4 Å². The molecule has 0 radical (unpaired) electrons. The number of nitrogens with zero attached hydrogens (tertiary/aromatic N) is 3. The molecule has 1 saturated heterocycles. The van der Waals surface area contributed by atoms with Crippen LogP contribution in [0.1, 0.15) is 18.4 Å². The minimum absolute atomic E-state index is 0.503. The number of hydrogen-bond donors (Lipinski definition) is 3. The summed E-state index contributed by atoms with van der Waals surface area (Å²) in [5.41, 5.74) is 1.29. The summed E-state index contributed by atoms with van der Waals surface area (Å²) in [5.74, 6) is 1.88. The van der Waals surface area contributed by atoms with Gasteiger partial charge in [0, 0.05) is 51.2 Å². The van der Waals surface area contributed by atoms with Gasteiger partial charge in [-0.2, -0.15) is 0 Å². The van der Waals surface area contributed by atoms with Crippen LogP contribution in [0.15, 0.2) is 30.9 Å². The van der Waals surface area contributed by atoms with Crippen molar-refractivity contribution in [2.45, 2.75) is 25.4 Å². The first-order chi connectivity index (χ1) is 10.4. The highest BCUT2D eigenvalue weighted by atomic mass is 15.2. The minimum atomic E-state index is 0.503. The van der Waals surface area contributed by atoms with Crippen molar-refractivity contribution >= 4 is 11.6 Å². The van der Waals surface area contributed by atoms with E-state index in [1.54, 1.807) is 6.33 Å². The summed E-state index contributed by atoms with van der Waals surface area (Å²) in [4.78, 5) is 14.1. The number of H-pyrrole nitrogens is 1. The maximum absolute atomic E-state index is 4.42. The normalized spacial score (nSPS) is 18.1. The minimum Gasteiger partial charge on any atom is -0.373 e. The summed E-state index contributed by atoms with van der Waals surface area (Å²) in [6.07, 6.45) is 8.04. The number of anilines is 2. The Morgan fingerprint density at radius 3 is 3.19 bits per heavy atom. The summed E-state index contributed by atoms with van der Waals surface area (Å²) in [6, 6.07) is 4.62. The fourth-order valence-electron chi connectivity index (χ4n) is 2.84. The van der Waals surface area contributed by atoms with Crippen molar-refractivity contribution in [2.24, 2.45) is 0 Å². The Balaban J connectivity index is 1.59. The molecule has 2 aromatic rings. The molecule has 21 heavy (non-hydrogen) atoms. The van der Waals surface area contributed by atoms with Gasteiger partial charge in [0.1, 0.15) is 18.0 Å². The van der Waals surface area contributed by atoms with Gasteiger partial charge in [-0.3, -0.25) is 0 Å². The monoisotopic (exact) mass is 286 g/mol. The third kappa shape index (κ3) is 3.33. The molecule has 1 atom stereocenters. The van der Waals surface area contributed by atoms with E-state index in [0.29, 0.717) is 6.04 Å². The number of aromatic amines is 1. The molecule has 112 valence electrons. The average molecular weight is 286 g/mol. The Morgan fingerprint density at radius 2 is 2.38 bits per heavy atom. The van der Waals surface area contributed by atoms with Gasteiger partial charge in [-0.05, 0) is 24.5 Å². The van der Waals surface area contributed by atoms with Crippen LogP contribution < -0.4 is 15.5 Å². The first kappa shape index (κ1) is 13.9. The zero-order valence-corrected chi connectivity index (χ0v) is 12.3. The molecule has 0 bridgehead atoms. The Kier molecular flexibility index (Phi) is 4.35. The van der Waals surface area contributed by atoms with Crippen LogP contribution >= 0.6 is 0 Å². The van der Waals surface area contributed by atoms with Crippen molar-refractivity contribution in [2.75, 3.05) is 30.4 Å². The summed E-state index contributed by atoms with van der Waals surface area (Å²) in [5, 5.41) is 6.61. The van der Waals surface area contributed by atoms with Crippen molar-refractivity contribution < 1.29 is 0 Å². The quantitative estimate of drug-likeness (QED) is 0.752. The predicted octanol–water partition coefficient (Wildman–Crippen LogP) is 1.60. The van der Waals surface area contributed by atoms with E-state index < -0.39 is 0 Å². The van der Waals surface area contributed by atoms with Crippen LogP contribution in [-0.4, -0.2) is 41.1 Å². The second-order valence-corrected chi connectivity index (χ2v) is 5.35. The molecular weight excluding hydrogens is 264 g/mol. The van der Waals surface area contributed by atoms with E-state index >= 15 is 0 Å². The van der Waals surface area contributed by atoms with E-state index in [4.69, 9.17) is 0 Å². The molecule has 1 unspecified atom stereocenters. The van der Waals surface area contributed by atoms with Crippen LogP contribution in [0.3, 0.4) is 0 Å². The molecule has 1 aliphatic rings. The van der Waals surface area contributed by atoms with Gasteiger partial charge in [0.05, 0.1) is 0 Å². The van der Waals surface area contributed by atoms with Crippen LogP contribution in [0.5, 0.6) is 0 Å². The van der Waals surface area contributed by atoms with Crippen molar-refractivity contribution in [3.8, 4) is 0 Å². The molecule has 0 amide bonds. The fraction of sp³-hybridized carbons (Fsp3) is 0.467. The van der Waals surface area contributed by atoms with Gasteiger partial charge in [0.2, 0.25) is 0 Å². The van der Waals surface area contributed by atoms with Crippen molar-refractivity contribution in [3.63, 3.8) is 0 Å². The summed E-state index contributed by atoms with van der Waals surface area (Å²) < 4.78 is 0. The number of aromatic nitrogens is 3. The predicted molar refractivity (Wildman–Crippen MR) is 84.4 cm³/mol. The Labute approximate surface area is 125 Å². The number of nitrogens with one attached hydrogen (secondary N) is 3. The fourth-order valence-corrected chi connectivity index (χ4v) is 2.84. The lowest BCUT2D eigenvalue weighted by atomic mass is 10.2. The third-order valence-corrected chi connectivity index (χ3v) is 3.95. The highest BCUT2D eigenvalue weighted by Crippen LogP contribution is 2.24. The number of hydrogen-bond acceptors (Lipinski definition) is 5. The largest absolute Gasteiger partial charge is 0.373 e. The highest BCUT2D eigenvalue weighted by Gasteiger charge is 2.25. The first-order valence-corrected chi connectivity index (χ1v) is 7.45. The summed E-state index contributed by atoms with van der Waals surface area (Å²) in [6.45, 7) is 2.94. The molecule has 1 fully saturated rings. The molecule has 6 nitrogen and oxygen atoms in total. The Bertz CT molecular complexity index is 553. The molecule has 0 saturated carbocycles. The smallest absolute Gasteiger partial charge is 0.134 e. The van der Waals surface area contributed by atoms with Crippen LogP contribution in [0.2, 0.25) is 0 Å². The second-order valence-electron chi connectivity index (χ2n) is 5.35. The zero-order valence-electron chi connectivity index (χ0n) is 12.3. The average Bonchev–Trinajstić information content (AvgIpc) is 3.19. The van der Waals surface area contributed by atoms with Gasteiger partial charge in [0.15, 0.2) is 0 Å². The maximum Gasteiger partial charge on any atom is 0.134 e. The Morgan fingerprint density at radius 1 is 1.43 bits per heavy atom. The van der Waals surface area contributed by atoms with Crippen molar-refractivity contribution in [3.05, 3.63) is 36.4 Å². The molecule has 0 spiro atoms. The van der Waals surface area contributed by atoms with Gasteiger partial charge >= 0.3 is 0 Å². The van der Waals surface area contributed by atoms with Gasteiger partial charge in [-0.1, -0.05) is 0 Å². The van der Waals surface area contributed by atoms with Crippen LogP contribution in [0.25, 0.3) is 0 Å². The zero-order chi connectivity index (χ0) is 14.5. The standard InChI is InChI=1S/C15H22N6/c1-16-14-7-15(20-11-19-14)21-6-2-3-13(21)10-18-9-12-4-5-17-8-12/h4-5,7-8,11,13,17-18H,2-3,6,9-10H2,1H3,(H,16,19,20).